The molecular weight excluding hydrogens is 274 g/mol. The number of carbonyl (C=O) groups excluding carboxylic acids is 2. The van der Waals surface area contributed by atoms with E-state index in [-0.39, 0.29) is 25.3 Å². The molecule has 0 bridgehead atoms. The maximum atomic E-state index is 11.9. The first-order valence-electron chi connectivity index (χ1n) is 6.96. The molecule has 0 aliphatic carbocycles. The normalized spacial score (nSPS) is 13.6. The van der Waals surface area contributed by atoms with E-state index in [1.807, 2.05) is 13.8 Å². The van der Waals surface area contributed by atoms with Gasteiger partial charge in [0.05, 0.1) is 5.56 Å². The zero-order valence-corrected chi connectivity index (χ0v) is 12.2. The first-order chi connectivity index (χ1) is 10.1. The van der Waals surface area contributed by atoms with Gasteiger partial charge < -0.3 is 19.5 Å². The number of esters is 1. The summed E-state index contributed by atoms with van der Waals surface area (Å²) in [4.78, 5) is 23.5. The van der Waals surface area contributed by atoms with Crippen LogP contribution in [0, 0.1) is 0 Å². The van der Waals surface area contributed by atoms with Crippen LogP contribution in [0.25, 0.3) is 0 Å². The van der Waals surface area contributed by atoms with Crippen molar-refractivity contribution in [1.82, 2.24) is 5.32 Å². The van der Waals surface area contributed by atoms with E-state index >= 15 is 0 Å². The van der Waals surface area contributed by atoms with Crippen LogP contribution in [0.1, 0.15) is 37.0 Å². The van der Waals surface area contributed by atoms with E-state index in [0.29, 0.717) is 17.1 Å². The summed E-state index contributed by atoms with van der Waals surface area (Å²) in [5.74, 6) is 0.236. The Morgan fingerprint density at radius 1 is 1.33 bits per heavy atom. The van der Waals surface area contributed by atoms with Crippen molar-refractivity contribution in [3.8, 4) is 11.5 Å². The van der Waals surface area contributed by atoms with Crippen LogP contribution in [0.3, 0.4) is 0 Å². The number of ether oxygens (including phenoxy) is 3. The van der Waals surface area contributed by atoms with Crippen molar-refractivity contribution in [3.05, 3.63) is 23.8 Å². The predicted molar refractivity (Wildman–Crippen MR) is 75.4 cm³/mol. The number of hydrogen-bond donors (Lipinski definition) is 1. The molecule has 0 spiro atoms. The molecule has 0 fully saturated rings. The topological polar surface area (TPSA) is 73.9 Å². The number of carbonyl (C=O) groups is 2. The average Bonchev–Trinajstić information content (AvgIpc) is 2.92. The predicted octanol–water partition coefficient (Wildman–Crippen LogP) is 1.88. The quantitative estimate of drug-likeness (QED) is 0.811. The molecule has 2 rings (SSSR count). The fraction of sp³-hybridized carbons (Fsp3) is 0.467. The van der Waals surface area contributed by atoms with Crippen molar-refractivity contribution in [2.24, 2.45) is 0 Å². The smallest absolute Gasteiger partial charge is 0.338 e. The minimum Gasteiger partial charge on any atom is -0.454 e. The molecule has 0 saturated heterocycles. The third-order valence-corrected chi connectivity index (χ3v) is 3.07. The summed E-state index contributed by atoms with van der Waals surface area (Å²) in [6.07, 6.45) is 1.88. The lowest BCUT2D eigenvalue weighted by atomic mass is 10.2. The van der Waals surface area contributed by atoms with Crippen LogP contribution < -0.4 is 14.8 Å². The highest BCUT2D eigenvalue weighted by molar-refractivity contribution is 5.92. The SMILES string of the molecule is CCC[C@H](C)NC(=O)COC(=O)c1ccc2c(c1)OCO2. The number of amides is 1. The molecule has 1 amide bonds. The summed E-state index contributed by atoms with van der Waals surface area (Å²) < 4.78 is 15.3. The van der Waals surface area contributed by atoms with E-state index in [4.69, 9.17) is 14.2 Å². The van der Waals surface area contributed by atoms with E-state index in [1.165, 1.54) is 0 Å². The Bertz CT molecular complexity index is 529. The van der Waals surface area contributed by atoms with Gasteiger partial charge in [-0.15, -0.1) is 0 Å². The number of rotatable bonds is 6. The van der Waals surface area contributed by atoms with Gasteiger partial charge in [-0.25, -0.2) is 4.79 Å². The van der Waals surface area contributed by atoms with Gasteiger partial charge in [-0.1, -0.05) is 13.3 Å². The Hall–Kier alpha value is -2.24. The molecule has 6 nitrogen and oxygen atoms in total. The van der Waals surface area contributed by atoms with Crippen molar-refractivity contribution >= 4 is 11.9 Å². The van der Waals surface area contributed by atoms with E-state index in [9.17, 15) is 9.59 Å². The lowest BCUT2D eigenvalue weighted by Crippen LogP contribution is -2.35. The molecule has 1 aliphatic heterocycles. The van der Waals surface area contributed by atoms with Gasteiger partial charge in [0.25, 0.3) is 5.91 Å². The highest BCUT2D eigenvalue weighted by Gasteiger charge is 2.17. The maximum absolute atomic E-state index is 11.9. The largest absolute Gasteiger partial charge is 0.454 e. The van der Waals surface area contributed by atoms with Gasteiger partial charge in [-0.05, 0) is 31.5 Å². The third kappa shape index (κ3) is 4.11. The van der Waals surface area contributed by atoms with Crippen LogP contribution in [0.15, 0.2) is 18.2 Å². The van der Waals surface area contributed by atoms with Crippen LogP contribution in [-0.4, -0.2) is 31.3 Å². The molecule has 114 valence electrons. The molecule has 0 aromatic heterocycles. The van der Waals surface area contributed by atoms with Gasteiger partial charge in [-0.2, -0.15) is 0 Å². The Labute approximate surface area is 123 Å². The van der Waals surface area contributed by atoms with Gasteiger partial charge in [0.2, 0.25) is 6.79 Å². The van der Waals surface area contributed by atoms with E-state index in [0.717, 1.165) is 12.8 Å². The van der Waals surface area contributed by atoms with Crippen molar-refractivity contribution < 1.29 is 23.8 Å². The molecule has 21 heavy (non-hydrogen) atoms. The summed E-state index contributed by atoms with van der Waals surface area (Å²) in [7, 11) is 0. The standard InChI is InChI=1S/C15H19NO5/c1-3-4-10(2)16-14(17)8-19-15(18)11-5-6-12-13(7-11)21-9-20-12/h5-7,10H,3-4,8-9H2,1-2H3,(H,16,17)/t10-/m0/s1. The van der Waals surface area contributed by atoms with E-state index in [1.54, 1.807) is 18.2 Å². The minimum atomic E-state index is -0.563. The Balaban J connectivity index is 1.83. The summed E-state index contributed by atoms with van der Waals surface area (Å²) in [6.45, 7) is 3.82. The molecule has 1 aromatic rings. The zero-order valence-electron chi connectivity index (χ0n) is 12.2. The van der Waals surface area contributed by atoms with Crippen LogP contribution in [-0.2, 0) is 9.53 Å². The zero-order chi connectivity index (χ0) is 15.2. The van der Waals surface area contributed by atoms with Gasteiger partial charge in [0.15, 0.2) is 18.1 Å². The van der Waals surface area contributed by atoms with Crippen molar-refractivity contribution in [2.75, 3.05) is 13.4 Å². The van der Waals surface area contributed by atoms with Crippen LogP contribution in [0.4, 0.5) is 0 Å². The molecular formula is C15H19NO5. The van der Waals surface area contributed by atoms with E-state index in [2.05, 4.69) is 5.32 Å². The van der Waals surface area contributed by atoms with Gasteiger partial charge >= 0.3 is 5.97 Å². The monoisotopic (exact) mass is 293 g/mol. The Morgan fingerprint density at radius 3 is 2.86 bits per heavy atom. The number of fused-ring (bicyclic) bond motifs is 1. The number of hydrogen-bond acceptors (Lipinski definition) is 5. The van der Waals surface area contributed by atoms with Crippen molar-refractivity contribution in [2.45, 2.75) is 32.7 Å². The lowest BCUT2D eigenvalue weighted by Gasteiger charge is -2.12. The molecule has 1 aromatic carbocycles. The minimum absolute atomic E-state index is 0.0757. The molecule has 1 aliphatic rings. The second-order valence-corrected chi connectivity index (χ2v) is 4.90. The van der Waals surface area contributed by atoms with Crippen molar-refractivity contribution in [3.63, 3.8) is 0 Å². The van der Waals surface area contributed by atoms with Gasteiger partial charge in [0.1, 0.15) is 0 Å². The van der Waals surface area contributed by atoms with Crippen molar-refractivity contribution in [1.29, 1.82) is 0 Å². The Morgan fingerprint density at radius 2 is 2.10 bits per heavy atom. The summed E-state index contributed by atoms with van der Waals surface area (Å²) >= 11 is 0. The highest BCUT2D eigenvalue weighted by atomic mass is 16.7. The fourth-order valence-electron chi connectivity index (χ4n) is 2.06. The van der Waals surface area contributed by atoms with Crippen LogP contribution in [0.5, 0.6) is 11.5 Å². The molecule has 1 N–H and O–H groups in total. The van der Waals surface area contributed by atoms with Crippen LogP contribution in [0.2, 0.25) is 0 Å². The molecule has 0 radical (unpaired) electrons. The number of benzene rings is 1. The summed E-state index contributed by atoms with van der Waals surface area (Å²) in [5, 5.41) is 2.77. The average molecular weight is 293 g/mol. The summed E-state index contributed by atoms with van der Waals surface area (Å²) in [6, 6.07) is 4.84. The maximum Gasteiger partial charge on any atom is 0.338 e. The van der Waals surface area contributed by atoms with Gasteiger partial charge in [-0.3, -0.25) is 4.79 Å². The highest BCUT2D eigenvalue weighted by Crippen LogP contribution is 2.32. The first kappa shape index (κ1) is 15.2. The number of nitrogens with one attached hydrogen (secondary N) is 1. The molecule has 0 unspecified atom stereocenters. The van der Waals surface area contributed by atoms with Gasteiger partial charge in [0, 0.05) is 6.04 Å². The Kier molecular flexibility index (Phi) is 5.03. The lowest BCUT2D eigenvalue weighted by molar-refractivity contribution is -0.124. The molecule has 0 saturated carbocycles. The summed E-state index contributed by atoms with van der Waals surface area (Å²) in [5.41, 5.74) is 0.327. The first-order valence-corrected chi connectivity index (χ1v) is 6.96. The second-order valence-electron chi connectivity index (χ2n) is 4.90. The molecule has 6 heteroatoms. The van der Waals surface area contributed by atoms with E-state index < -0.39 is 5.97 Å². The fourth-order valence-corrected chi connectivity index (χ4v) is 2.06. The molecule has 1 heterocycles. The second kappa shape index (κ2) is 6.97. The van der Waals surface area contributed by atoms with Crippen LogP contribution >= 0.6 is 0 Å². The molecule has 1 atom stereocenters. The third-order valence-electron chi connectivity index (χ3n) is 3.07.